The van der Waals surface area contributed by atoms with Gasteiger partial charge < -0.3 is 4.57 Å². The molecule has 1 amide bonds. The summed E-state index contributed by atoms with van der Waals surface area (Å²) in [4.78, 5) is 22.3. The largest absolute Gasteiger partial charge is 0.318 e. The van der Waals surface area contributed by atoms with Gasteiger partial charge in [0.25, 0.3) is 11.6 Å². The Morgan fingerprint density at radius 3 is 2.48 bits per heavy atom. The van der Waals surface area contributed by atoms with Crippen LogP contribution in [-0.4, -0.2) is 21.6 Å². The highest BCUT2D eigenvalue weighted by molar-refractivity contribution is 6.30. The molecule has 0 saturated heterocycles. The van der Waals surface area contributed by atoms with E-state index in [-0.39, 0.29) is 11.3 Å². The van der Waals surface area contributed by atoms with E-state index in [0.29, 0.717) is 5.02 Å². The summed E-state index contributed by atoms with van der Waals surface area (Å²) < 4.78 is 2.08. The number of nitro benzene ring substituents is 1. The van der Waals surface area contributed by atoms with Gasteiger partial charge in [0.05, 0.1) is 11.1 Å². The number of aryl methyl sites for hydroxylation is 2. The lowest BCUT2D eigenvalue weighted by atomic mass is 10.2. The molecule has 0 aliphatic carbocycles. The molecule has 0 aliphatic rings. The second-order valence-corrected chi connectivity index (χ2v) is 7.03. The molecule has 0 aliphatic heterocycles. The summed E-state index contributed by atoms with van der Waals surface area (Å²) in [6, 6.07) is 13.0. The Hall–Kier alpha value is -3.45. The standard InChI is InChI=1S/C21H19ClN4O3/c1-13-4-7-18(22)11-20(13)25-14(2)10-17(15(25)3)12-23-24-21(27)16-5-8-19(9-6-16)26(28)29/h4-12H,1-3H3,(H,24,27)/b23-12-. The highest BCUT2D eigenvalue weighted by Crippen LogP contribution is 2.25. The predicted octanol–water partition coefficient (Wildman–Crippen LogP) is 4.73. The van der Waals surface area contributed by atoms with Crippen molar-refractivity contribution in [1.29, 1.82) is 0 Å². The lowest BCUT2D eigenvalue weighted by Crippen LogP contribution is -2.17. The van der Waals surface area contributed by atoms with Gasteiger partial charge in [-0.25, -0.2) is 5.43 Å². The number of hydrogen-bond donors (Lipinski definition) is 1. The highest BCUT2D eigenvalue weighted by atomic mass is 35.5. The van der Waals surface area contributed by atoms with Crippen molar-refractivity contribution in [3.8, 4) is 5.69 Å². The number of nitro groups is 1. The van der Waals surface area contributed by atoms with Crippen LogP contribution in [0.25, 0.3) is 5.69 Å². The first-order valence-electron chi connectivity index (χ1n) is 8.81. The summed E-state index contributed by atoms with van der Waals surface area (Å²) >= 11 is 6.16. The number of hydrogen-bond acceptors (Lipinski definition) is 4. The smallest absolute Gasteiger partial charge is 0.271 e. The summed E-state index contributed by atoms with van der Waals surface area (Å²) in [6.07, 6.45) is 1.57. The molecule has 2 aromatic carbocycles. The van der Waals surface area contributed by atoms with Crippen molar-refractivity contribution in [2.45, 2.75) is 20.8 Å². The van der Waals surface area contributed by atoms with Crippen molar-refractivity contribution in [1.82, 2.24) is 9.99 Å². The van der Waals surface area contributed by atoms with E-state index in [2.05, 4.69) is 15.1 Å². The number of amides is 1. The molecule has 8 heteroatoms. The number of nitrogens with zero attached hydrogens (tertiary/aromatic N) is 3. The highest BCUT2D eigenvalue weighted by Gasteiger charge is 2.12. The van der Waals surface area contributed by atoms with Crippen molar-refractivity contribution in [2.24, 2.45) is 5.10 Å². The molecule has 0 spiro atoms. The fraction of sp³-hybridized carbons (Fsp3) is 0.143. The molecule has 0 saturated carbocycles. The van der Waals surface area contributed by atoms with E-state index < -0.39 is 10.8 Å². The zero-order valence-corrected chi connectivity index (χ0v) is 16.9. The average Bonchev–Trinajstić information content (AvgIpc) is 2.97. The topological polar surface area (TPSA) is 89.5 Å². The van der Waals surface area contributed by atoms with Crippen LogP contribution in [0.4, 0.5) is 5.69 Å². The van der Waals surface area contributed by atoms with E-state index in [1.54, 1.807) is 6.21 Å². The Morgan fingerprint density at radius 2 is 1.83 bits per heavy atom. The van der Waals surface area contributed by atoms with Gasteiger partial charge in [-0.1, -0.05) is 17.7 Å². The summed E-state index contributed by atoms with van der Waals surface area (Å²) in [5.41, 5.74) is 7.55. The number of nitrogens with one attached hydrogen (secondary N) is 1. The molecule has 0 unspecified atom stereocenters. The molecule has 0 bridgehead atoms. The molecule has 7 nitrogen and oxygen atoms in total. The van der Waals surface area contributed by atoms with Crippen LogP contribution >= 0.6 is 11.6 Å². The van der Waals surface area contributed by atoms with Crippen molar-refractivity contribution in [2.75, 3.05) is 0 Å². The molecule has 29 heavy (non-hydrogen) atoms. The molecule has 0 fully saturated rings. The third kappa shape index (κ3) is 4.35. The maximum atomic E-state index is 12.2. The SMILES string of the molecule is Cc1ccc(Cl)cc1-n1c(C)cc(/C=N\NC(=O)c2ccc([N+](=O)[O-])cc2)c1C. The van der Waals surface area contributed by atoms with Crippen molar-refractivity contribution < 1.29 is 9.72 Å². The second kappa shape index (κ2) is 8.28. The van der Waals surface area contributed by atoms with Gasteiger partial charge in [-0.3, -0.25) is 14.9 Å². The quantitative estimate of drug-likeness (QED) is 0.374. The van der Waals surface area contributed by atoms with Crippen molar-refractivity contribution in [3.05, 3.63) is 91.7 Å². The Kier molecular flexibility index (Phi) is 5.79. The Bertz CT molecular complexity index is 1120. The Balaban J connectivity index is 1.78. The number of rotatable bonds is 5. The zero-order chi connectivity index (χ0) is 21.1. The summed E-state index contributed by atoms with van der Waals surface area (Å²) in [7, 11) is 0. The number of benzene rings is 2. The van der Waals surface area contributed by atoms with E-state index in [1.807, 2.05) is 45.0 Å². The van der Waals surface area contributed by atoms with Crippen LogP contribution in [0.15, 0.2) is 53.6 Å². The van der Waals surface area contributed by atoms with E-state index in [9.17, 15) is 14.9 Å². The number of carbonyl (C=O) groups is 1. The third-order valence-electron chi connectivity index (χ3n) is 4.59. The first-order valence-corrected chi connectivity index (χ1v) is 9.19. The fourth-order valence-electron chi connectivity index (χ4n) is 3.07. The first kappa shape index (κ1) is 20.3. The maximum Gasteiger partial charge on any atom is 0.271 e. The molecular formula is C21H19ClN4O3. The van der Waals surface area contributed by atoms with Crippen LogP contribution in [0.2, 0.25) is 5.02 Å². The molecule has 3 aromatic rings. The zero-order valence-electron chi connectivity index (χ0n) is 16.1. The van der Waals surface area contributed by atoms with E-state index in [1.165, 1.54) is 24.3 Å². The minimum Gasteiger partial charge on any atom is -0.318 e. The Morgan fingerprint density at radius 1 is 1.14 bits per heavy atom. The number of aromatic nitrogens is 1. The number of hydrazone groups is 1. The second-order valence-electron chi connectivity index (χ2n) is 6.60. The molecule has 1 N–H and O–H groups in total. The van der Waals surface area contributed by atoms with Gasteiger partial charge in [-0.2, -0.15) is 5.10 Å². The third-order valence-corrected chi connectivity index (χ3v) is 4.83. The molecule has 0 radical (unpaired) electrons. The number of carbonyl (C=O) groups excluding carboxylic acids is 1. The molecule has 1 aromatic heterocycles. The molecule has 1 heterocycles. The van der Waals surface area contributed by atoms with Crippen LogP contribution in [0.5, 0.6) is 0 Å². The number of non-ortho nitro benzene ring substituents is 1. The Labute approximate surface area is 172 Å². The predicted molar refractivity (Wildman–Crippen MR) is 113 cm³/mol. The van der Waals surface area contributed by atoms with Gasteiger partial charge in [0.1, 0.15) is 0 Å². The van der Waals surface area contributed by atoms with Gasteiger partial charge in [0.2, 0.25) is 0 Å². The van der Waals surface area contributed by atoms with Crippen LogP contribution < -0.4 is 5.43 Å². The van der Waals surface area contributed by atoms with Gasteiger partial charge in [0, 0.05) is 45.4 Å². The van der Waals surface area contributed by atoms with Crippen molar-refractivity contribution in [3.63, 3.8) is 0 Å². The normalized spacial score (nSPS) is 11.0. The van der Waals surface area contributed by atoms with Crippen molar-refractivity contribution >= 4 is 29.4 Å². The van der Waals surface area contributed by atoms with E-state index >= 15 is 0 Å². The van der Waals surface area contributed by atoms with Gasteiger partial charge in [0.15, 0.2) is 0 Å². The fourth-order valence-corrected chi connectivity index (χ4v) is 3.24. The van der Waals surface area contributed by atoms with Crippen LogP contribution in [0.1, 0.15) is 32.9 Å². The van der Waals surface area contributed by atoms with Crippen LogP contribution in [0.3, 0.4) is 0 Å². The van der Waals surface area contributed by atoms with Crippen LogP contribution in [0, 0.1) is 30.9 Å². The minimum absolute atomic E-state index is 0.0752. The number of halogens is 1. The summed E-state index contributed by atoms with van der Waals surface area (Å²) in [5.74, 6) is -0.448. The summed E-state index contributed by atoms with van der Waals surface area (Å²) in [6.45, 7) is 5.97. The monoisotopic (exact) mass is 410 g/mol. The minimum atomic E-state index is -0.517. The summed E-state index contributed by atoms with van der Waals surface area (Å²) in [5, 5.41) is 15.4. The molecule has 3 rings (SSSR count). The first-order chi connectivity index (χ1) is 13.8. The maximum absolute atomic E-state index is 12.2. The van der Waals surface area contributed by atoms with E-state index in [0.717, 1.165) is 28.2 Å². The van der Waals surface area contributed by atoms with Gasteiger partial charge in [-0.15, -0.1) is 0 Å². The molecule has 0 atom stereocenters. The lowest BCUT2D eigenvalue weighted by Gasteiger charge is -2.13. The average molecular weight is 411 g/mol. The van der Waals surface area contributed by atoms with Gasteiger partial charge >= 0.3 is 0 Å². The lowest BCUT2D eigenvalue weighted by molar-refractivity contribution is -0.384. The van der Waals surface area contributed by atoms with Gasteiger partial charge in [-0.05, 0) is 56.7 Å². The molecular weight excluding hydrogens is 392 g/mol. The molecule has 148 valence electrons. The van der Waals surface area contributed by atoms with Crippen LogP contribution in [-0.2, 0) is 0 Å². The van der Waals surface area contributed by atoms with E-state index in [4.69, 9.17) is 11.6 Å².